The van der Waals surface area contributed by atoms with E-state index in [2.05, 4.69) is 37.9 Å². The van der Waals surface area contributed by atoms with Crippen molar-refractivity contribution in [3.05, 3.63) is 0 Å². The lowest BCUT2D eigenvalue weighted by Gasteiger charge is -2.47. The zero-order valence-electron chi connectivity index (χ0n) is 20.3. The number of thiol groups is 3. The number of carbonyl (C=O) groups is 3. The van der Waals surface area contributed by atoms with Crippen LogP contribution in [0.1, 0.15) is 60.8 Å². The molecule has 0 bridgehead atoms. The highest BCUT2D eigenvalue weighted by Crippen LogP contribution is 2.19. The molecule has 9 nitrogen and oxygen atoms in total. The topological polar surface area (TPSA) is 88.6 Å². The normalized spacial score (nSPS) is 21.4. The average Bonchev–Trinajstić information content (AvgIpc) is 2.65. The Hall–Kier alpha value is -0.660. The van der Waals surface area contributed by atoms with Crippen molar-refractivity contribution in [3.8, 4) is 0 Å². The Bertz CT molecular complexity index is 561. The molecule has 1 rings (SSSR count). The van der Waals surface area contributed by atoms with E-state index in [1.807, 2.05) is 35.5 Å². The first kappa shape index (κ1) is 30.4. The van der Waals surface area contributed by atoms with Gasteiger partial charge in [-0.25, -0.2) is 14.7 Å². The van der Waals surface area contributed by atoms with Gasteiger partial charge in [0.25, 0.3) is 0 Å². The van der Waals surface area contributed by atoms with Gasteiger partial charge in [0.15, 0.2) is 18.7 Å². The van der Waals surface area contributed by atoms with Crippen molar-refractivity contribution in [2.45, 2.75) is 95.2 Å². The molecule has 0 saturated carbocycles. The molecule has 0 amide bonds. The predicted octanol–water partition coefficient (Wildman–Crippen LogP) is 2.57. The molecule has 12 heteroatoms. The Balaban J connectivity index is 2.92. The average molecular weight is 526 g/mol. The maximum absolute atomic E-state index is 12.2. The number of nitrogens with zero attached hydrogens (tertiary/aromatic N) is 3. The second kappa shape index (κ2) is 14.7. The fourth-order valence-corrected chi connectivity index (χ4v) is 3.63. The standard InChI is InChI=1S/C21H39N3O6S3/c1-13(31)7-19(25)28-16(4)22-10-23(17(5)29-20(26)8-14(2)32)12-24(11-22)18(6)30-21(27)9-15(3)33/h13-18,31-33H,7-12H2,1-6H3. The van der Waals surface area contributed by atoms with Gasteiger partial charge in [-0.1, -0.05) is 20.8 Å². The van der Waals surface area contributed by atoms with E-state index in [1.165, 1.54) is 0 Å². The van der Waals surface area contributed by atoms with Crippen LogP contribution in [0.25, 0.3) is 0 Å². The van der Waals surface area contributed by atoms with Crippen molar-refractivity contribution in [1.29, 1.82) is 0 Å². The van der Waals surface area contributed by atoms with Crippen molar-refractivity contribution in [3.63, 3.8) is 0 Å². The fourth-order valence-electron chi connectivity index (χ4n) is 3.19. The van der Waals surface area contributed by atoms with E-state index in [1.54, 1.807) is 20.8 Å². The van der Waals surface area contributed by atoms with Crippen molar-refractivity contribution in [2.24, 2.45) is 0 Å². The van der Waals surface area contributed by atoms with Gasteiger partial charge in [0.05, 0.1) is 39.3 Å². The van der Waals surface area contributed by atoms with Gasteiger partial charge in [0.1, 0.15) is 0 Å². The van der Waals surface area contributed by atoms with Gasteiger partial charge in [-0.2, -0.15) is 37.9 Å². The Morgan fingerprint density at radius 3 is 0.970 bits per heavy atom. The molecular weight excluding hydrogens is 486 g/mol. The van der Waals surface area contributed by atoms with Crippen LogP contribution in [-0.4, -0.2) is 87.0 Å². The molecular formula is C21H39N3O6S3. The number of esters is 3. The molecule has 0 aromatic heterocycles. The molecule has 6 unspecified atom stereocenters. The van der Waals surface area contributed by atoms with Crippen LogP contribution in [-0.2, 0) is 28.6 Å². The summed E-state index contributed by atoms with van der Waals surface area (Å²) in [7, 11) is 0. The van der Waals surface area contributed by atoms with E-state index in [0.29, 0.717) is 20.0 Å². The van der Waals surface area contributed by atoms with Crippen LogP contribution in [0.3, 0.4) is 0 Å². The first-order valence-corrected chi connectivity index (χ1v) is 12.7. The quantitative estimate of drug-likeness (QED) is 0.202. The number of rotatable bonds is 12. The number of ether oxygens (including phenoxy) is 3. The van der Waals surface area contributed by atoms with Crippen LogP contribution >= 0.6 is 37.9 Å². The van der Waals surface area contributed by atoms with E-state index in [4.69, 9.17) is 14.2 Å². The lowest BCUT2D eigenvalue weighted by molar-refractivity contribution is -0.207. The predicted molar refractivity (Wildman–Crippen MR) is 136 cm³/mol. The molecule has 0 N–H and O–H groups in total. The van der Waals surface area contributed by atoms with Gasteiger partial charge in [-0.3, -0.25) is 14.4 Å². The minimum Gasteiger partial charge on any atom is -0.447 e. The molecule has 192 valence electrons. The Labute approximate surface area is 214 Å². The van der Waals surface area contributed by atoms with Crippen molar-refractivity contribution in [2.75, 3.05) is 20.0 Å². The van der Waals surface area contributed by atoms with Crippen LogP contribution in [0.5, 0.6) is 0 Å². The molecule has 1 heterocycles. The molecule has 6 atom stereocenters. The molecule has 1 aliphatic rings. The highest BCUT2D eigenvalue weighted by molar-refractivity contribution is 7.81. The zero-order valence-corrected chi connectivity index (χ0v) is 23.0. The molecule has 1 aliphatic heterocycles. The van der Waals surface area contributed by atoms with Gasteiger partial charge >= 0.3 is 17.9 Å². The van der Waals surface area contributed by atoms with Crippen LogP contribution in [0.4, 0.5) is 0 Å². The highest BCUT2D eigenvalue weighted by atomic mass is 32.1. The Morgan fingerprint density at radius 1 is 0.576 bits per heavy atom. The third kappa shape index (κ3) is 12.0. The summed E-state index contributed by atoms with van der Waals surface area (Å²) in [5.74, 6) is -1.05. The Kier molecular flexibility index (Phi) is 13.5. The lowest BCUT2D eigenvalue weighted by atomic mass is 10.3. The summed E-state index contributed by atoms with van der Waals surface area (Å²) in [5, 5.41) is -0.330. The number of carbonyl (C=O) groups excluding carboxylic acids is 3. The van der Waals surface area contributed by atoms with Crippen LogP contribution in [0, 0.1) is 0 Å². The zero-order chi connectivity index (χ0) is 25.3. The van der Waals surface area contributed by atoms with E-state index >= 15 is 0 Å². The maximum Gasteiger partial charge on any atom is 0.308 e. The summed E-state index contributed by atoms with van der Waals surface area (Å²) in [5.41, 5.74) is 0. The van der Waals surface area contributed by atoms with Gasteiger partial charge < -0.3 is 14.2 Å². The van der Waals surface area contributed by atoms with Gasteiger partial charge in [-0.05, 0) is 20.8 Å². The number of hydrogen-bond donors (Lipinski definition) is 3. The molecule has 1 fully saturated rings. The fraction of sp³-hybridized carbons (Fsp3) is 0.857. The van der Waals surface area contributed by atoms with Gasteiger partial charge in [0, 0.05) is 15.7 Å². The second-order valence-corrected chi connectivity index (χ2v) is 11.3. The second-order valence-electron chi connectivity index (χ2n) is 8.62. The number of hydrogen-bond acceptors (Lipinski definition) is 12. The Morgan fingerprint density at radius 2 is 0.788 bits per heavy atom. The molecule has 1 saturated heterocycles. The molecule has 33 heavy (non-hydrogen) atoms. The van der Waals surface area contributed by atoms with Crippen LogP contribution in [0.15, 0.2) is 0 Å². The van der Waals surface area contributed by atoms with Crippen LogP contribution in [0.2, 0.25) is 0 Å². The third-order valence-corrected chi connectivity index (χ3v) is 5.47. The SMILES string of the molecule is CC(S)CC(=O)OC(C)N1CN(C(C)OC(=O)CC(C)S)CN(C(C)OC(=O)CC(C)S)C1. The van der Waals surface area contributed by atoms with E-state index in [9.17, 15) is 14.4 Å². The monoisotopic (exact) mass is 525 g/mol. The first-order chi connectivity index (χ1) is 15.3. The summed E-state index contributed by atoms with van der Waals surface area (Å²) < 4.78 is 16.7. The first-order valence-electron chi connectivity index (χ1n) is 11.1. The summed E-state index contributed by atoms with van der Waals surface area (Å²) in [6.45, 7) is 12.0. The lowest BCUT2D eigenvalue weighted by Crippen LogP contribution is -2.62. The molecule has 0 aliphatic carbocycles. The van der Waals surface area contributed by atoms with E-state index < -0.39 is 18.7 Å². The summed E-state index contributed by atoms with van der Waals surface area (Å²) in [6.07, 6.45) is -1.05. The van der Waals surface area contributed by atoms with Crippen LogP contribution < -0.4 is 0 Å². The smallest absolute Gasteiger partial charge is 0.308 e. The van der Waals surface area contributed by atoms with Gasteiger partial charge in [-0.15, -0.1) is 0 Å². The van der Waals surface area contributed by atoms with E-state index in [-0.39, 0.29) is 52.9 Å². The molecule has 0 spiro atoms. The summed E-state index contributed by atoms with van der Waals surface area (Å²) in [6, 6.07) is 0. The molecule has 0 aromatic rings. The minimum atomic E-state index is -0.546. The van der Waals surface area contributed by atoms with Crippen molar-refractivity contribution in [1.82, 2.24) is 14.7 Å². The third-order valence-electron chi connectivity index (χ3n) is 4.92. The van der Waals surface area contributed by atoms with E-state index in [0.717, 1.165) is 0 Å². The summed E-state index contributed by atoms with van der Waals surface area (Å²) in [4.78, 5) is 42.2. The maximum atomic E-state index is 12.2. The van der Waals surface area contributed by atoms with Gasteiger partial charge in [0.2, 0.25) is 0 Å². The molecule has 0 aromatic carbocycles. The molecule has 0 radical (unpaired) electrons. The highest BCUT2D eigenvalue weighted by Gasteiger charge is 2.35. The van der Waals surface area contributed by atoms with Crippen molar-refractivity contribution >= 4 is 55.8 Å². The van der Waals surface area contributed by atoms with Crippen molar-refractivity contribution < 1.29 is 28.6 Å². The summed E-state index contributed by atoms with van der Waals surface area (Å²) >= 11 is 12.7. The largest absolute Gasteiger partial charge is 0.447 e. The minimum absolute atomic E-state index is 0.110.